The number of aliphatic carboxylic acids is 1. The fraction of sp³-hybridized carbons (Fsp3) is 0.905. The lowest BCUT2D eigenvalue weighted by molar-refractivity contribution is -0.143. The first kappa shape index (κ1) is 26.8. The van der Waals surface area contributed by atoms with Crippen LogP contribution in [0, 0.1) is 11.8 Å². The molecule has 5 atom stereocenters. The van der Waals surface area contributed by atoms with E-state index in [1.54, 1.807) is 0 Å². The van der Waals surface area contributed by atoms with Gasteiger partial charge in [0, 0.05) is 12.8 Å². The van der Waals surface area contributed by atoms with Crippen LogP contribution >= 0.6 is 0 Å². The van der Waals surface area contributed by atoms with E-state index in [0.717, 1.165) is 31.1 Å². The molecule has 166 valence electrons. The Bertz CT molecular complexity index is 431. The lowest BCUT2D eigenvalue weighted by Crippen LogP contribution is -2.46. The second-order valence-electron chi connectivity index (χ2n) is 8.27. The predicted molar refractivity (Wildman–Crippen MR) is 111 cm³/mol. The molecule has 0 aliphatic heterocycles. The van der Waals surface area contributed by atoms with Crippen LogP contribution in [0.4, 0.5) is 0 Å². The van der Waals surface area contributed by atoms with E-state index in [9.17, 15) is 14.7 Å². The van der Waals surface area contributed by atoms with Crippen LogP contribution in [0.1, 0.15) is 91.4 Å². The molecule has 28 heavy (non-hydrogen) atoms. The van der Waals surface area contributed by atoms with Crippen molar-refractivity contribution in [3.8, 4) is 0 Å². The second kappa shape index (κ2) is 15.7. The molecule has 0 radical (unpaired) electrons. The van der Waals surface area contributed by atoms with Gasteiger partial charge in [-0.15, -0.1) is 0 Å². The SMILES string of the molecule is CCC(C)CC(C)CCCCCCCCC(=O)N[C@@H](CC(O)C(N)O)C(=O)O. The summed E-state index contributed by atoms with van der Waals surface area (Å²) in [7, 11) is 0. The van der Waals surface area contributed by atoms with Crippen LogP contribution in [-0.4, -0.2) is 45.6 Å². The first-order valence-electron chi connectivity index (χ1n) is 10.8. The molecule has 0 aliphatic carbocycles. The first-order valence-corrected chi connectivity index (χ1v) is 10.8. The molecule has 0 aromatic heterocycles. The van der Waals surface area contributed by atoms with Crippen molar-refractivity contribution in [3.05, 3.63) is 0 Å². The highest BCUT2D eigenvalue weighted by molar-refractivity contribution is 5.83. The minimum atomic E-state index is -1.53. The molecule has 0 aliphatic rings. The van der Waals surface area contributed by atoms with Gasteiger partial charge in [0.2, 0.25) is 5.91 Å². The van der Waals surface area contributed by atoms with Crippen molar-refractivity contribution in [1.82, 2.24) is 5.32 Å². The Morgan fingerprint density at radius 3 is 2.04 bits per heavy atom. The lowest BCUT2D eigenvalue weighted by Gasteiger charge is -2.19. The van der Waals surface area contributed by atoms with E-state index in [1.165, 1.54) is 32.1 Å². The van der Waals surface area contributed by atoms with Crippen molar-refractivity contribution in [2.45, 2.75) is 110 Å². The summed E-state index contributed by atoms with van der Waals surface area (Å²) in [6.07, 6.45) is 7.23. The van der Waals surface area contributed by atoms with Crippen molar-refractivity contribution >= 4 is 11.9 Å². The normalized spacial score (nSPS) is 16.8. The molecule has 0 rings (SSSR count). The van der Waals surface area contributed by atoms with Gasteiger partial charge in [-0.2, -0.15) is 0 Å². The first-order chi connectivity index (χ1) is 13.2. The zero-order chi connectivity index (χ0) is 21.5. The minimum absolute atomic E-state index is 0.261. The molecule has 0 bridgehead atoms. The highest BCUT2D eigenvalue weighted by Crippen LogP contribution is 2.20. The molecule has 0 heterocycles. The van der Waals surface area contributed by atoms with Crippen LogP contribution in [0.2, 0.25) is 0 Å². The van der Waals surface area contributed by atoms with Crippen molar-refractivity contribution in [2.75, 3.05) is 0 Å². The molecule has 0 spiro atoms. The van der Waals surface area contributed by atoms with E-state index in [0.29, 0.717) is 6.42 Å². The summed E-state index contributed by atoms with van der Waals surface area (Å²) in [5.41, 5.74) is 5.11. The number of nitrogens with one attached hydrogen (secondary N) is 1. The lowest BCUT2D eigenvalue weighted by atomic mass is 9.91. The highest BCUT2D eigenvalue weighted by Gasteiger charge is 2.25. The van der Waals surface area contributed by atoms with Gasteiger partial charge in [-0.05, 0) is 24.7 Å². The molecule has 0 saturated carbocycles. The Kier molecular flexibility index (Phi) is 15.0. The predicted octanol–water partition coefficient (Wildman–Crippen LogP) is 2.78. The quantitative estimate of drug-likeness (QED) is 0.188. The topological polar surface area (TPSA) is 133 Å². The monoisotopic (exact) mass is 402 g/mol. The molecule has 0 fully saturated rings. The van der Waals surface area contributed by atoms with Gasteiger partial charge < -0.3 is 26.4 Å². The maximum atomic E-state index is 11.9. The number of hydrogen-bond acceptors (Lipinski definition) is 5. The van der Waals surface area contributed by atoms with Crippen LogP contribution in [0.25, 0.3) is 0 Å². The standard InChI is InChI=1S/C21H42N2O5/c1-4-15(2)13-16(3)11-9-7-5-6-8-10-12-19(25)23-17(21(27)28)14-18(24)20(22)26/h15-18,20,24,26H,4-14,22H2,1-3H3,(H,23,25)(H,27,28)/t15?,16?,17-,18?,20?/m0/s1. The Morgan fingerprint density at radius 1 is 0.929 bits per heavy atom. The van der Waals surface area contributed by atoms with Gasteiger partial charge in [-0.1, -0.05) is 65.7 Å². The fourth-order valence-corrected chi connectivity index (χ4v) is 3.33. The van der Waals surface area contributed by atoms with Crippen molar-refractivity contribution in [1.29, 1.82) is 0 Å². The minimum Gasteiger partial charge on any atom is -0.480 e. The molecule has 4 unspecified atom stereocenters. The van der Waals surface area contributed by atoms with Gasteiger partial charge >= 0.3 is 5.97 Å². The number of hydrogen-bond donors (Lipinski definition) is 5. The van der Waals surface area contributed by atoms with Crippen molar-refractivity contribution in [2.24, 2.45) is 17.6 Å². The summed E-state index contributed by atoms with van der Waals surface area (Å²) >= 11 is 0. The summed E-state index contributed by atoms with van der Waals surface area (Å²) in [4.78, 5) is 23.0. The zero-order valence-corrected chi connectivity index (χ0v) is 17.9. The Labute approximate surface area is 170 Å². The molecule has 7 heteroatoms. The van der Waals surface area contributed by atoms with E-state index >= 15 is 0 Å². The van der Waals surface area contributed by atoms with E-state index < -0.39 is 24.3 Å². The third-order valence-corrected chi connectivity index (χ3v) is 5.36. The molecule has 7 nitrogen and oxygen atoms in total. The van der Waals surface area contributed by atoms with Crippen LogP contribution in [0.15, 0.2) is 0 Å². The number of carboxylic acid groups (broad SMARTS) is 1. The van der Waals surface area contributed by atoms with E-state index in [-0.39, 0.29) is 18.7 Å². The number of carbonyl (C=O) groups is 2. The van der Waals surface area contributed by atoms with Gasteiger partial charge in [-0.3, -0.25) is 4.79 Å². The maximum absolute atomic E-state index is 11.9. The molecule has 6 N–H and O–H groups in total. The zero-order valence-electron chi connectivity index (χ0n) is 17.9. The van der Waals surface area contributed by atoms with Gasteiger partial charge in [0.05, 0.1) is 6.10 Å². The number of carbonyl (C=O) groups excluding carboxylic acids is 1. The summed E-state index contributed by atoms with van der Waals surface area (Å²) in [6, 6.07) is -1.25. The molecule has 1 amide bonds. The number of aliphatic hydroxyl groups excluding tert-OH is 2. The fourth-order valence-electron chi connectivity index (χ4n) is 3.33. The number of aliphatic hydroxyl groups is 2. The van der Waals surface area contributed by atoms with Crippen molar-refractivity contribution in [3.63, 3.8) is 0 Å². The van der Waals surface area contributed by atoms with Crippen LogP contribution < -0.4 is 11.1 Å². The molecular weight excluding hydrogens is 360 g/mol. The Hall–Kier alpha value is -1.18. The van der Waals surface area contributed by atoms with Gasteiger partial charge in [0.25, 0.3) is 0 Å². The number of carboxylic acids is 1. The summed E-state index contributed by atoms with van der Waals surface area (Å²) in [5, 5.41) is 30.0. The summed E-state index contributed by atoms with van der Waals surface area (Å²) in [6.45, 7) is 6.89. The summed E-state index contributed by atoms with van der Waals surface area (Å²) < 4.78 is 0. The third-order valence-electron chi connectivity index (χ3n) is 5.36. The number of rotatable bonds is 17. The van der Waals surface area contributed by atoms with E-state index in [1.807, 2.05) is 0 Å². The second-order valence-corrected chi connectivity index (χ2v) is 8.27. The van der Waals surface area contributed by atoms with Gasteiger partial charge in [0.1, 0.15) is 12.3 Å². The largest absolute Gasteiger partial charge is 0.480 e. The average Bonchev–Trinajstić information content (AvgIpc) is 2.62. The number of nitrogens with two attached hydrogens (primary N) is 1. The Balaban J connectivity index is 3.79. The highest BCUT2D eigenvalue weighted by atomic mass is 16.4. The van der Waals surface area contributed by atoms with Gasteiger partial charge in [0.15, 0.2) is 0 Å². The molecule has 0 aromatic carbocycles. The molecule has 0 aromatic rings. The molecule has 0 saturated heterocycles. The number of amides is 1. The van der Waals surface area contributed by atoms with E-state index in [4.69, 9.17) is 15.9 Å². The third kappa shape index (κ3) is 13.9. The van der Waals surface area contributed by atoms with Crippen LogP contribution in [-0.2, 0) is 9.59 Å². The van der Waals surface area contributed by atoms with Gasteiger partial charge in [-0.25, -0.2) is 4.79 Å². The van der Waals surface area contributed by atoms with Crippen LogP contribution in [0.3, 0.4) is 0 Å². The van der Waals surface area contributed by atoms with Crippen LogP contribution in [0.5, 0.6) is 0 Å². The molecular formula is C21H42N2O5. The van der Waals surface area contributed by atoms with Crippen molar-refractivity contribution < 1.29 is 24.9 Å². The number of unbranched alkanes of at least 4 members (excludes halogenated alkanes) is 5. The van der Waals surface area contributed by atoms with E-state index in [2.05, 4.69) is 26.1 Å². The maximum Gasteiger partial charge on any atom is 0.326 e. The average molecular weight is 403 g/mol. The smallest absolute Gasteiger partial charge is 0.326 e. The Morgan fingerprint density at radius 2 is 1.50 bits per heavy atom. The summed E-state index contributed by atoms with van der Waals surface area (Å²) in [5.74, 6) is -0.00850.